The van der Waals surface area contributed by atoms with E-state index in [2.05, 4.69) is 34.4 Å². The van der Waals surface area contributed by atoms with E-state index >= 15 is 0 Å². The van der Waals surface area contributed by atoms with Gasteiger partial charge in [-0.3, -0.25) is 9.89 Å². The summed E-state index contributed by atoms with van der Waals surface area (Å²) in [6.07, 6.45) is 5.06. The summed E-state index contributed by atoms with van der Waals surface area (Å²) in [5, 5.41) is 7.11. The Morgan fingerprint density at radius 3 is 2.48 bits per heavy atom. The molecule has 1 unspecified atom stereocenters. The maximum absolute atomic E-state index is 5.49. The Morgan fingerprint density at radius 2 is 1.96 bits per heavy atom. The molecule has 1 saturated heterocycles. The van der Waals surface area contributed by atoms with Gasteiger partial charge < -0.3 is 20.1 Å². The summed E-state index contributed by atoms with van der Waals surface area (Å²) in [5.74, 6) is 1.52. The van der Waals surface area contributed by atoms with Gasteiger partial charge in [0.1, 0.15) is 0 Å². The van der Waals surface area contributed by atoms with Gasteiger partial charge in [0.15, 0.2) is 5.96 Å². The van der Waals surface area contributed by atoms with Crippen molar-refractivity contribution in [2.24, 2.45) is 16.3 Å². The first-order chi connectivity index (χ1) is 12.1. The smallest absolute Gasteiger partial charge is 0.191 e. The standard InChI is InChI=1S/C19H38N4O2/c1-16(2)17(23-9-12-25-13-10-23)14-21-18(20-3)22-15-19(6-5-7-19)8-11-24-4/h16-17H,5-15H2,1-4H3,(H2,20,21,22). The van der Waals surface area contributed by atoms with E-state index in [9.17, 15) is 0 Å². The average Bonchev–Trinajstić information content (AvgIpc) is 2.59. The number of nitrogens with zero attached hydrogens (tertiary/aromatic N) is 2. The van der Waals surface area contributed by atoms with Gasteiger partial charge in [0.05, 0.1) is 13.2 Å². The zero-order valence-corrected chi connectivity index (χ0v) is 16.6. The molecule has 25 heavy (non-hydrogen) atoms. The second kappa shape index (κ2) is 10.3. The molecule has 6 nitrogen and oxygen atoms in total. The molecule has 2 aliphatic rings. The van der Waals surface area contributed by atoms with E-state index in [1.54, 1.807) is 7.11 Å². The highest BCUT2D eigenvalue weighted by atomic mass is 16.5. The van der Waals surface area contributed by atoms with Gasteiger partial charge in [0.25, 0.3) is 0 Å². The van der Waals surface area contributed by atoms with Crippen LogP contribution < -0.4 is 10.6 Å². The molecule has 0 bridgehead atoms. The fourth-order valence-electron chi connectivity index (χ4n) is 3.90. The molecule has 146 valence electrons. The number of hydrogen-bond acceptors (Lipinski definition) is 4. The highest BCUT2D eigenvalue weighted by molar-refractivity contribution is 5.79. The Kier molecular flexibility index (Phi) is 8.46. The Bertz CT molecular complexity index is 404. The molecule has 1 aliphatic carbocycles. The molecule has 0 spiro atoms. The average molecular weight is 355 g/mol. The molecule has 0 aromatic carbocycles. The minimum Gasteiger partial charge on any atom is -0.385 e. The summed E-state index contributed by atoms with van der Waals surface area (Å²) in [6.45, 7) is 11.1. The molecule has 0 aromatic heterocycles. The number of methoxy groups -OCH3 is 1. The van der Waals surface area contributed by atoms with Crippen LogP contribution in [0.1, 0.15) is 39.5 Å². The van der Waals surface area contributed by atoms with E-state index in [1.807, 2.05) is 7.05 Å². The SMILES string of the molecule is CN=C(NCC(C(C)C)N1CCOCC1)NCC1(CCOC)CCC1. The van der Waals surface area contributed by atoms with E-state index < -0.39 is 0 Å². The van der Waals surface area contributed by atoms with Crippen LogP contribution in [0.25, 0.3) is 0 Å². The van der Waals surface area contributed by atoms with Crippen LogP contribution in [-0.2, 0) is 9.47 Å². The van der Waals surface area contributed by atoms with Crippen molar-refractivity contribution in [1.29, 1.82) is 0 Å². The van der Waals surface area contributed by atoms with Gasteiger partial charge in [-0.25, -0.2) is 0 Å². The summed E-state index contributed by atoms with van der Waals surface area (Å²) >= 11 is 0. The van der Waals surface area contributed by atoms with E-state index in [4.69, 9.17) is 9.47 Å². The lowest BCUT2D eigenvalue weighted by molar-refractivity contribution is 0.00748. The Labute approximate surface area is 153 Å². The summed E-state index contributed by atoms with van der Waals surface area (Å²) in [5.41, 5.74) is 0.398. The minimum atomic E-state index is 0.398. The van der Waals surface area contributed by atoms with Crippen molar-refractivity contribution in [2.75, 3.05) is 60.2 Å². The van der Waals surface area contributed by atoms with Crippen LogP contribution in [0.4, 0.5) is 0 Å². The van der Waals surface area contributed by atoms with Gasteiger partial charge in [0, 0.05) is 53.0 Å². The lowest BCUT2D eigenvalue weighted by Gasteiger charge is -2.42. The van der Waals surface area contributed by atoms with Crippen molar-refractivity contribution in [3.63, 3.8) is 0 Å². The molecule has 2 fully saturated rings. The van der Waals surface area contributed by atoms with Gasteiger partial charge in [-0.2, -0.15) is 0 Å². The van der Waals surface area contributed by atoms with Gasteiger partial charge in [-0.1, -0.05) is 20.3 Å². The zero-order valence-electron chi connectivity index (χ0n) is 16.6. The fraction of sp³-hybridized carbons (Fsp3) is 0.947. The van der Waals surface area contributed by atoms with Crippen LogP contribution in [0.15, 0.2) is 4.99 Å². The molecule has 2 N–H and O–H groups in total. The van der Waals surface area contributed by atoms with Crippen LogP contribution in [0.5, 0.6) is 0 Å². The van der Waals surface area contributed by atoms with Crippen molar-refractivity contribution in [3.8, 4) is 0 Å². The Morgan fingerprint density at radius 1 is 1.24 bits per heavy atom. The molecule has 0 aromatic rings. The lowest BCUT2D eigenvalue weighted by atomic mass is 9.67. The van der Waals surface area contributed by atoms with Crippen LogP contribution in [-0.4, -0.2) is 77.1 Å². The van der Waals surface area contributed by atoms with Gasteiger partial charge >= 0.3 is 0 Å². The second-order valence-corrected chi connectivity index (χ2v) is 7.86. The largest absolute Gasteiger partial charge is 0.385 e. The van der Waals surface area contributed by atoms with E-state index in [-0.39, 0.29) is 0 Å². The third-order valence-electron chi connectivity index (χ3n) is 5.87. The van der Waals surface area contributed by atoms with Gasteiger partial charge in [0.2, 0.25) is 0 Å². The Balaban J connectivity index is 1.80. The normalized spacial score (nSPS) is 22.5. The summed E-state index contributed by atoms with van der Waals surface area (Å²) in [7, 11) is 3.65. The lowest BCUT2D eigenvalue weighted by Crippen LogP contribution is -2.53. The number of ether oxygens (including phenoxy) is 2. The first-order valence-corrected chi connectivity index (χ1v) is 9.85. The maximum Gasteiger partial charge on any atom is 0.191 e. The molecule has 2 rings (SSSR count). The predicted molar refractivity (Wildman–Crippen MR) is 103 cm³/mol. The zero-order chi connectivity index (χ0) is 18.1. The fourth-order valence-corrected chi connectivity index (χ4v) is 3.90. The van der Waals surface area contributed by atoms with Crippen molar-refractivity contribution in [1.82, 2.24) is 15.5 Å². The monoisotopic (exact) mass is 354 g/mol. The number of morpholine rings is 1. The minimum absolute atomic E-state index is 0.398. The summed E-state index contributed by atoms with van der Waals surface area (Å²) in [4.78, 5) is 6.97. The highest BCUT2D eigenvalue weighted by Crippen LogP contribution is 2.43. The summed E-state index contributed by atoms with van der Waals surface area (Å²) in [6, 6.07) is 0.508. The van der Waals surface area contributed by atoms with Gasteiger partial charge in [-0.15, -0.1) is 0 Å². The number of nitrogens with one attached hydrogen (secondary N) is 2. The van der Waals surface area contributed by atoms with E-state index in [0.29, 0.717) is 17.4 Å². The molecule has 6 heteroatoms. The van der Waals surface area contributed by atoms with Crippen LogP contribution in [0, 0.1) is 11.3 Å². The Hall–Kier alpha value is -0.850. The number of aliphatic imine (C=N–C) groups is 1. The summed E-state index contributed by atoms with van der Waals surface area (Å²) < 4.78 is 10.8. The molecule has 0 radical (unpaired) electrons. The number of hydrogen-bond donors (Lipinski definition) is 2. The maximum atomic E-state index is 5.49. The molecule has 0 amide bonds. The second-order valence-electron chi connectivity index (χ2n) is 7.86. The molecular weight excluding hydrogens is 316 g/mol. The van der Waals surface area contributed by atoms with Crippen molar-refractivity contribution in [2.45, 2.75) is 45.6 Å². The third-order valence-corrected chi connectivity index (χ3v) is 5.87. The molecule has 1 atom stereocenters. The highest BCUT2D eigenvalue weighted by Gasteiger charge is 2.36. The van der Waals surface area contributed by atoms with Crippen molar-refractivity contribution in [3.05, 3.63) is 0 Å². The van der Waals surface area contributed by atoms with Gasteiger partial charge in [-0.05, 0) is 30.6 Å². The molecular formula is C19H38N4O2. The molecule has 1 heterocycles. The molecule has 1 saturated carbocycles. The first kappa shape index (κ1) is 20.5. The number of guanidine groups is 1. The van der Waals surface area contributed by atoms with Crippen LogP contribution in [0.3, 0.4) is 0 Å². The van der Waals surface area contributed by atoms with E-state index in [1.165, 1.54) is 19.3 Å². The third kappa shape index (κ3) is 6.12. The number of rotatable bonds is 9. The molecule has 1 aliphatic heterocycles. The quantitative estimate of drug-likeness (QED) is 0.488. The van der Waals surface area contributed by atoms with Crippen LogP contribution >= 0.6 is 0 Å². The van der Waals surface area contributed by atoms with Crippen LogP contribution in [0.2, 0.25) is 0 Å². The first-order valence-electron chi connectivity index (χ1n) is 9.85. The van der Waals surface area contributed by atoms with Crippen molar-refractivity contribution >= 4 is 5.96 Å². The van der Waals surface area contributed by atoms with Crippen molar-refractivity contribution < 1.29 is 9.47 Å². The predicted octanol–water partition coefficient (Wildman–Crippen LogP) is 1.72. The van der Waals surface area contributed by atoms with E-state index in [0.717, 1.165) is 58.4 Å². The topological polar surface area (TPSA) is 58.1 Å².